The average molecular weight is 211 g/mol. The Balaban J connectivity index is 2.96. The summed E-state index contributed by atoms with van der Waals surface area (Å²) in [5.74, 6) is -0.262. The third-order valence-electron chi connectivity index (χ3n) is 1.73. The fourth-order valence-corrected chi connectivity index (χ4v) is 1.23. The van der Waals surface area contributed by atoms with Gasteiger partial charge in [0.2, 0.25) is 5.91 Å². The molecule has 0 fully saturated rings. The standard InChI is InChI=1S/C10H11ClN2O/c1-2-10(14)13-9-4-3-8(11)5-7(9)6-12/h2-5H,1,6,12H2,(H,13,14). The first-order valence-electron chi connectivity index (χ1n) is 4.09. The molecule has 0 aliphatic rings. The highest BCUT2D eigenvalue weighted by atomic mass is 35.5. The maximum atomic E-state index is 11.0. The van der Waals surface area contributed by atoms with Gasteiger partial charge in [-0.3, -0.25) is 4.79 Å². The van der Waals surface area contributed by atoms with Gasteiger partial charge in [0.1, 0.15) is 0 Å². The summed E-state index contributed by atoms with van der Waals surface area (Å²) in [6.45, 7) is 3.69. The summed E-state index contributed by atoms with van der Waals surface area (Å²) >= 11 is 5.78. The first-order chi connectivity index (χ1) is 6.67. The molecule has 0 bridgehead atoms. The monoisotopic (exact) mass is 210 g/mol. The largest absolute Gasteiger partial charge is 0.326 e. The van der Waals surface area contributed by atoms with Crippen LogP contribution in [0.4, 0.5) is 5.69 Å². The molecule has 3 nitrogen and oxygen atoms in total. The predicted molar refractivity (Wildman–Crippen MR) is 58.2 cm³/mol. The number of amides is 1. The van der Waals surface area contributed by atoms with Gasteiger partial charge in [-0.15, -0.1) is 0 Å². The van der Waals surface area contributed by atoms with E-state index in [1.807, 2.05) is 0 Å². The van der Waals surface area contributed by atoms with Gasteiger partial charge in [0.05, 0.1) is 0 Å². The molecule has 3 N–H and O–H groups in total. The van der Waals surface area contributed by atoms with Crippen LogP contribution in [0.1, 0.15) is 5.56 Å². The van der Waals surface area contributed by atoms with E-state index >= 15 is 0 Å². The SMILES string of the molecule is C=CC(=O)Nc1ccc(Cl)cc1CN. The summed E-state index contributed by atoms with van der Waals surface area (Å²) < 4.78 is 0. The number of benzene rings is 1. The summed E-state index contributed by atoms with van der Waals surface area (Å²) in [6, 6.07) is 5.13. The highest BCUT2D eigenvalue weighted by molar-refractivity contribution is 6.30. The van der Waals surface area contributed by atoms with E-state index < -0.39 is 0 Å². The predicted octanol–water partition coefficient (Wildman–Crippen LogP) is 1.92. The number of carbonyl (C=O) groups is 1. The van der Waals surface area contributed by atoms with E-state index in [0.29, 0.717) is 17.3 Å². The van der Waals surface area contributed by atoms with Crippen LogP contribution in [0, 0.1) is 0 Å². The van der Waals surface area contributed by atoms with E-state index in [2.05, 4.69) is 11.9 Å². The number of nitrogens with one attached hydrogen (secondary N) is 1. The first kappa shape index (κ1) is 10.8. The molecular formula is C10H11ClN2O. The van der Waals surface area contributed by atoms with Crippen molar-refractivity contribution in [3.63, 3.8) is 0 Å². The van der Waals surface area contributed by atoms with Crippen molar-refractivity contribution in [1.29, 1.82) is 0 Å². The minimum atomic E-state index is -0.262. The molecule has 0 aromatic heterocycles. The third kappa shape index (κ3) is 2.58. The Kier molecular flexibility index (Phi) is 3.68. The van der Waals surface area contributed by atoms with Crippen molar-refractivity contribution in [2.45, 2.75) is 6.54 Å². The number of carbonyl (C=O) groups excluding carboxylic acids is 1. The van der Waals surface area contributed by atoms with Gasteiger partial charge in [0.25, 0.3) is 0 Å². The number of rotatable bonds is 3. The Labute approximate surface area is 87.6 Å². The highest BCUT2D eigenvalue weighted by Gasteiger charge is 2.03. The quantitative estimate of drug-likeness (QED) is 0.749. The second-order valence-corrected chi connectivity index (χ2v) is 3.14. The summed E-state index contributed by atoms with van der Waals surface area (Å²) in [6.07, 6.45) is 1.20. The summed E-state index contributed by atoms with van der Waals surface area (Å²) in [4.78, 5) is 11.0. The van der Waals surface area contributed by atoms with E-state index in [4.69, 9.17) is 17.3 Å². The van der Waals surface area contributed by atoms with Gasteiger partial charge >= 0.3 is 0 Å². The van der Waals surface area contributed by atoms with Crippen molar-refractivity contribution < 1.29 is 4.79 Å². The second kappa shape index (κ2) is 4.79. The van der Waals surface area contributed by atoms with Crippen molar-refractivity contribution in [1.82, 2.24) is 0 Å². The molecule has 0 heterocycles. The smallest absolute Gasteiger partial charge is 0.247 e. The minimum absolute atomic E-state index is 0.262. The summed E-state index contributed by atoms with van der Waals surface area (Å²) in [7, 11) is 0. The van der Waals surface area contributed by atoms with E-state index in [-0.39, 0.29) is 5.91 Å². The van der Waals surface area contributed by atoms with Crippen LogP contribution < -0.4 is 11.1 Å². The summed E-state index contributed by atoms with van der Waals surface area (Å²) in [5, 5.41) is 3.24. The highest BCUT2D eigenvalue weighted by Crippen LogP contribution is 2.20. The molecule has 1 aromatic rings. The molecule has 1 amide bonds. The molecule has 74 valence electrons. The van der Waals surface area contributed by atoms with Gasteiger partial charge in [-0.2, -0.15) is 0 Å². The van der Waals surface area contributed by atoms with Crippen molar-refractivity contribution >= 4 is 23.2 Å². The lowest BCUT2D eigenvalue weighted by atomic mass is 10.2. The molecule has 4 heteroatoms. The molecule has 0 aliphatic carbocycles. The molecular weight excluding hydrogens is 200 g/mol. The molecule has 0 atom stereocenters. The maximum Gasteiger partial charge on any atom is 0.247 e. The lowest BCUT2D eigenvalue weighted by Gasteiger charge is -2.08. The van der Waals surface area contributed by atoms with Crippen molar-refractivity contribution in [3.8, 4) is 0 Å². The van der Waals surface area contributed by atoms with Crippen LogP contribution in [0.2, 0.25) is 5.02 Å². The van der Waals surface area contributed by atoms with Crippen LogP contribution >= 0.6 is 11.6 Å². The third-order valence-corrected chi connectivity index (χ3v) is 1.97. The van der Waals surface area contributed by atoms with Gasteiger partial charge in [0, 0.05) is 17.3 Å². The van der Waals surface area contributed by atoms with Crippen LogP contribution in [0.25, 0.3) is 0 Å². The van der Waals surface area contributed by atoms with Crippen LogP contribution in [-0.4, -0.2) is 5.91 Å². The number of anilines is 1. The molecule has 1 rings (SSSR count). The zero-order chi connectivity index (χ0) is 10.6. The molecule has 0 saturated heterocycles. The molecule has 0 saturated carbocycles. The number of hydrogen-bond acceptors (Lipinski definition) is 2. The molecule has 0 radical (unpaired) electrons. The van der Waals surface area contributed by atoms with Crippen molar-refractivity contribution in [3.05, 3.63) is 41.4 Å². The Hall–Kier alpha value is -1.32. The second-order valence-electron chi connectivity index (χ2n) is 2.70. The lowest BCUT2D eigenvalue weighted by Crippen LogP contribution is -2.10. The topological polar surface area (TPSA) is 55.1 Å². The van der Waals surface area contributed by atoms with Crippen LogP contribution in [0.15, 0.2) is 30.9 Å². The Bertz CT molecular complexity index is 363. The molecule has 14 heavy (non-hydrogen) atoms. The summed E-state index contributed by atoms with van der Waals surface area (Å²) in [5.41, 5.74) is 6.97. The van der Waals surface area contributed by atoms with Gasteiger partial charge in [-0.05, 0) is 29.8 Å². The molecule has 0 unspecified atom stereocenters. The van der Waals surface area contributed by atoms with Crippen LogP contribution in [0.3, 0.4) is 0 Å². The number of nitrogens with two attached hydrogens (primary N) is 1. The average Bonchev–Trinajstić information content (AvgIpc) is 2.20. The Morgan fingerprint density at radius 1 is 1.64 bits per heavy atom. The van der Waals surface area contributed by atoms with Gasteiger partial charge in [-0.25, -0.2) is 0 Å². The zero-order valence-corrected chi connectivity index (χ0v) is 8.34. The molecule has 0 aliphatic heterocycles. The molecule has 0 spiro atoms. The Morgan fingerprint density at radius 2 is 2.36 bits per heavy atom. The minimum Gasteiger partial charge on any atom is -0.326 e. The van der Waals surface area contributed by atoms with Crippen LogP contribution in [-0.2, 0) is 11.3 Å². The fourth-order valence-electron chi connectivity index (χ4n) is 1.04. The fraction of sp³-hybridized carbons (Fsp3) is 0.100. The first-order valence-corrected chi connectivity index (χ1v) is 4.47. The van der Waals surface area contributed by atoms with Crippen molar-refractivity contribution in [2.24, 2.45) is 5.73 Å². The van der Waals surface area contributed by atoms with E-state index in [0.717, 1.165) is 5.56 Å². The maximum absolute atomic E-state index is 11.0. The lowest BCUT2D eigenvalue weighted by molar-refractivity contribution is -0.111. The van der Waals surface area contributed by atoms with Crippen molar-refractivity contribution in [2.75, 3.05) is 5.32 Å². The number of hydrogen-bond donors (Lipinski definition) is 2. The Morgan fingerprint density at radius 3 is 2.93 bits per heavy atom. The van der Waals surface area contributed by atoms with Gasteiger partial charge in [-0.1, -0.05) is 18.2 Å². The van der Waals surface area contributed by atoms with Crippen LogP contribution in [0.5, 0.6) is 0 Å². The normalized spacial score (nSPS) is 9.57. The van der Waals surface area contributed by atoms with E-state index in [1.54, 1.807) is 18.2 Å². The van der Waals surface area contributed by atoms with E-state index in [1.165, 1.54) is 6.08 Å². The van der Waals surface area contributed by atoms with Gasteiger partial charge in [0.15, 0.2) is 0 Å². The number of halogens is 1. The zero-order valence-electron chi connectivity index (χ0n) is 7.59. The van der Waals surface area contributed by atoms with Gasteiger partial charge < -0.3 is 11.1 Å². The molecule has 1 aromatic carbocycles. The van der Waals surface area contributed by atoms with E-state index in [9.17, 15) is 4.79 Å².